The molecule has 1 saturated heterocycles. The van der Waals surface area contributed by atoms with Crippen LogP contribution in [0.1, 0.15) is 22.6 Å². The molecule has 3 aromatic rings. The summed E-state index contributed by atoms with van der Waals surface area (Å²) in [6.07, 6.45) is 1.17. The fourth-order valence-corrected chi connectivity index (χ4v) is 2.93. The van der Waals surface area contributed by atoms with Crippen molar-refractivity contribution in [3.63, 3.8) is 0 Å². The molecule has 1 N–H and O–H groups in total. The Balaban J connectivity index is 1.70. The minimum atomic E-state index is -0.846. The Kier molecular flexibility index (Phi) is 3.75. The van der Waals surface area contributed by atoms with Gasteiger partial charge in [-0.3, -0.25) is 4.79 Å². The van der Waals surface area contributed by atoms with E-state index in [0.717, 1.165) is 0 Å². The molecular formula is C16H16FN7O. The number of alkyl halides is 1. The normalized spacial score (nSPS) is 17.2. The second kappa shape index (κ2) is 6.08. The van der Waals surface area contributed by atoms with Crippen LogP contribution >= 0.6 is 0 Å². The van der Waals surface area contributed by atoms with Crippen molar-refractivity contribution in [1.29, 1.82) is 0 Å². The van der Waals surface area contributed by atoms with E-state index in [4.69, 9.17) is 0 Å². The largest absolute Gasteiger partial charge is 0.352 e. The van der Waals surface area contributed by atoms with Gasteiger partial charge in [0.05, 0.1) is 12.2 Å². The molecule has 1 unspecified atom stereocenters. The number of anilines is 2. The number of aryl methyl sites for hydroxylation is 1. The molecule has 1 aliphatic rings. The smallest absolute Gasteiger partial charge is 0.277 e. The fraction of sp³-hybridized carbons (Fsp3) is 0.312. The predicted octanol–water partition coefficient (Wildman–Crippen LogP) is 1.63. The molecule has 1 fully saturated rings. The zero-order valence-electron chi connectivity index (χ0n) is 13.6. The lowest BCUT2D eigenvalue weighted by atomic mass is 10.3. The Morgan fingerprint density at radius 1 is 1.36 bits per heavy atom. The number of nitrogens with one attached hydrogen (secondary N) is 1. The maximum absolute atomic E-state index is 13.5. The van der Waals surface area contributed by atoms with E-state index in [1.165, 1.54) is 10.7 Å². The van der Waals surface area contributed by atoms with Crippen molar-refractivity contribution in [2.45, 2.75) is 19.5 Å². The number of carbonyl (C=O) groups excluding carboxylic acids is 1. The van der Waals surface area contributed by atoms with Crippen LogP contribution in [0.25, 0.3) is 5.65 Å². The van der Waals surface area contributed by atoms with Gasteiger partial charge >= 0.3 is 0 Å². The molecule has 0 aliphatic carbocycles. The van der Waals surface area contributed by atoms with Crippen LogP contribution in [0.15, 0.2) is 30.5 Å². The summed E-state index contributed by atoms with van der Waals surface area (Å²) in [7, 11) is 0. The number of fused-ring (bicyclic) bond motifs is 1. The van der Waals surface area contributed by atoms with Crippen molar-refractivity contribution in [1.82, 2.24) is 24.8 Å². The van der Waals surface area contributed by atoms with Gasteiger partial charge in [-0.1, -0.05) is 0 Å². The highest BCUT2D eigenvalue weighted by Crippen LogP contribution is 2.21. The second-order valence-electron chi connectivity index (χ2n) is 5.90. The molecule has 1 amide bonds. The monoisotopic (exact) mass is 341 g/mol. The molecule has 4 rings (SSSR count). The van der Waals surface area contributed by atoms with Crippen LogP contribution < -0.4 is 10.2 Å². The van der Waals surface area contributed by atoms with E-state index < -0.39 is 6.17 Å². The first-order valence-corrected chi connectivity index (χ1v) is 7.96. The van der Waals surface area contributed by atoms with Gasteiger partial charge in [-0.25, -0.2) is 13.9 Å². The van der Waals surface area contributed by atoms with E-state index in [1.807, 2.05) is 4.90 Å². The molecule has 0 bridgehead atoms. The average Bonchev–Trinajstić information content (AvgIpc) is 3.17. The van der Waals surface area contributed by atoms with E-state index in [2.05, 4.69) is 25.6 Å². The second-order valence-corrected chi connectivity index (χ2v) is 5.90. The van der Waals surface area contributed by atoms with E-state index >= 15 is 0 Å². The zero-order valence-corrected chi connectivity index (χ0v) is 13.6. The number of halogens is 1. The van der Waals surface area contributed by atoms with Crippen LogP contribution in [-0.4, -0.2) is 50.0 Å². The lowest BCUT2D eigenvalue weighted by Crippen LogP contribution is -2.23. The van der Waals surface area contributed by atoms with Crippen LogP contribution in [0.4, 0.5) is 16.0 Å². The number of nitrogens with zero attached hydrogens (tertiary/aromatic N) is 6. The number of aromatic nitrogens is 5. The molecule has 25 heavy (non-hydrogen) atoms. The summed E-state index contributed by atoms with van der Waals surface area (Å²) in [6, 6.07) is 6.90. The van der Waals surface area contributed by atoms with E-state index in [-0.39, 0.29) is 5.91 Å². The van der Waals surface area contributed by atoms with Gasteiger partial charge < -0.3 is 10.2 Å². The van der Waals surface area contributed by atoms with Gasteiger partial charge in [-0.2, -0.15) is 5.10 Å². The molecule has 3 aromatic heterocycles. The Labute approximate surface area is 142 Å². The zero-order chi connectivity index (χ0) is 17.4. The molecule has 8 nitrogen and oxygen atoms in total. The minimum absolute atomic E-state index is 0.313. The van der Waals surface area contributed by atoms with Gasteiger partial charge in [0.25, 0.3) is 5.91 Å². The predicted molar refractivity (Wildman–Crippen MR) is 89.4 cm³/mol. The standard InChI is InChI=1S/C16H16FN7O/c1-10-15(16(25)20-12-3-2-7-18-21-12)24-13(19-10)4-5-14(22-24)23-8-6-11(17)9-23/h2-5,7,11H,6,8-9H2,1H3,(H,20,21,25). The highest BCUT2D eigenvalue weighted by Gasteiger charge is 2.24. The quantitative estimate of drug-likeness (QED) is 0.779. The highest BCUT2D eigenvalue weighted by molar-refractivity contribution is 6.03. The van der Waals surface area contributed by atoms with E-state index in [9.17, 15) is 9.18 Å². The van der Waals surface area contributed by atoms with Gasteiger partial charge in [-0.15, -0.1) is 10.2 Å². The van der Waals surface area contributed by atoms with Gasteiger partial charge in [0.1, 0.15) is 12.0 Å². The highest BCUT2D eigenvalue weighted by atomic mass is 19.1. The topological polar surface area (TPSA) is 88.3 Å². The Hall–Kier alpha value is -3.10. The Morgan fingerprint density at radius 2 is 2.24 bits per heavy atom. The number of hydrogen-bond donors (Lipinski definition) is 1. The molecule has 4 heterocycles. The first-order chi connectivity index (χ1) is 12.1. The van der Waals surface area contributed by atoms with Gasteiger partial charge in [0, 0.05) is 12.7 Å². The molecule has 1 atom stereocenters. The van der Waals surface area contributed by atoms with Crippen molar-refractivity contribution in [2.24, 2.45) is 0 Å². The van der Waals surface area contributed by atoms with Crippen molar-refractivity contribution >= 4 is 23.2 Å². The molecular weight excluding hydrogens is 325 g/mol. The maximum Gasteiger partial charge on any atom is 0.277 e. The fourth-order valence-electron chi connectivity index (χ4n) is 2.93. The van der Waals surface area contributed by atoms with Crippen molar-refractivity contribution in [3.05, 3.63) is 41.9 Å². The summed E-state index contributed by atoms with van der Waals surface area (Å²) in [5, 5.41) is 14.8. The minimum Gasteiger partial charge on any atom is -0.352 e. The lowest BCUT2D eigenvalue weighted by Gasteiger charge is -2.16. The summed E-state index contributed by atoms with van der Waals surface area (Å²) < 4.78 is 14.9. The van der Waals surface area contributed by atoms with E-state index in [0.29, 0.717) is 48.2 Å². The summed E-state index contributed by atoms with van der Waals surface area (Å²) in [5.41, 5.74) is 1.43. The first-order valence-electron chi connectivity index (χ1n) is 7.96. The lowest BCUT2D eigenvalue weighted by molar-refractivity contribution is 0.101. The van der Waals surface area contributed by atoms with Crippen molar-refractivity contribution in [2.75, 3.05) is 23.3 Å². The number of rotatable bonds is 3. The van der Waals surface area contributed by atoms with Crippen molar-refractivity contribution in [3.8, 4) is 0 Å². The Morgan fingerprint density at radius 3 is 2.96 bits per heavy atom. The summed E-state index contributed by atoms with van der Waals surface area (Å²) in [6.45, 7) is 2.66. The molecule has 9 heteroatoms. The van der Waals surface area contributed by atoms with Crippen LogP contribution in [0.5, 0.6) is 0 Å². The third-order valence-electron chi connectivity index (χ3n) is 4.12. The Bertz CT molecular complexity index is 927. The summed E-state index contributed by atoms with van der Waals surface area (Å²) >= 11 is 0. The molecule has 0 aromatic carbocycles. The van der Waals surface area contributed by atoms with Crippen LogP contribution in [0.2, 0.25) is 0 Å². The van der Waals surface area contributed by atoms with Gasteiger partial charge in [0.15, 0.2) is 17.2 Å². The number of carbonyl (C=O) groups is 1. The number of hydrogen-bond acceptors (Lipinski definition) is 6. The third-order valence-corrected chi connectivity index (χ3v) is 4.12. The number of imidazole rings is 1. The van der Waals surface area contributed by atoms with Crippen LogP contribution in [0.3, 0.4) is 0 Å². The molecule has 0 radical (unpaired) electrons. The summed E-state index contributed by atoms with van der Waals surface area (Å²) in [5.74, 6) is 0.594. The van der Waals surface area contributed by atoms with Crippen LogP contribution in [0, 0.1) is 6.92 Å². The molecule has 0 spiro atoms. The number of amides is 1. The van der Waals surface area contributed by atoms with E-state index in [1.54, 1.807) is 31.2 Å². The third kappa shape index (κ3) is 2.88. The molecule has 128 valence electrons. The van der Waals surface area contributed by atoms with Crippen LogP contribution in [-0.2, 0) is 0 Å². The molecule has 1 aliphatic heterocycles. The maximum atomic E-state index is 13.5. The first kappa shape index (κ1) is 15.4. The van der Waals surface area contributed by atoms with Gasteiger partial charge in [0.2, 0.25) is 0 Å². The molecule has 0 saturated carbocycles. The van der Waals surface area contributed by atoms with Gasteiger partial charge in [-0.05, 0) is 37.6 Å². The average molecular weight is 341 g/mol. The van der Waals surface area contributed by atoms with Crippen molar-refractivity contribution < 1.29 is 9.18 Å². The summed E-state index contributed by atoms with van der Waals surface area (Å²) in [4.78, 5) is 18.9. The SMILES string of the molecule is Cc1nc2ccc(N3CCC(F)C3)nn2c1C(=O)Nc1cccnn1.